The van der Waals surface area contributed by atoms with Crippen LogP contribution >= 0.6 is 0 Å². The Bertz CT molecular complexity index is 343. The summed E-state index contributed by atoms with van der Waals surface area (Å²) in [6, 6.07) is 0.675. The molecule has 1 N–H and O–H groups in total. The Labute approximate surface area is 94.6 Å². The van der Waals surface area contributed by atoms with Crippen LogP contribution in [0.5, 0.6) is 0 Å². The minimum absolute atomic E-state index is 0.293. The molecule has 0 bridgehead atoms. The van der Waals surface area contributed by atoms with Crippen LogP contribution in [0.2, 0.25) is 0 Å². The molecule has 1 unspecified atom stereocenters. The quantitative estimate of drug-likeness (QED) is 0.808. The van der Waals surface area contributed by atoms with Gasteiger partial charge in [-0.1, -0.05) is 5.16 Å². The minimum Gasteiger partial charge on any atom is -0.378 e. The lowest BCUT2D eigenvalue weighted by atomic mass is 10.2. The number of aromatic nitrogens is 2. The number of nitrogens with one attached hydrogen (secondary N) is 1. The van der Waals surface area contributed by atoms with Crippen LogP contribution in [0, 0.1) is 0 Å². The van der Waals surface area contributed by atoms with Gasteiger partial charge in [-0.2, -0.15) is 4.98 Å². The summed E-state index contributed by atoms with van der Waals surface area (Å²) in [6.45, 7) is 1.57. The van der Waals surface area contributed by atoms with Crippen molar-refractivity contribution in [3.63, 3.8) is 0 Å². The molecule has 1 aromatic rings. The van der Waals surface area contributed by atoms with Crippen molar-refractivity contribution in [2.24, 2.45) is 0 Å². The molecular formula is C11H17N3O2. The highest BCUT2D eigenvalue weighted by molar-refractivity contribution is 4.91. The molecule has 0 radical (unpaired) electrons. The van der Waals surface area contributed by atoms with Crippen molar-refractivity contribution >= 4 is 0 Å². The summed E-state index contributed by atoms with van der Waals surface area (Å²) in [5.41, 5.74) is 0. The molecule has 88 valence electrons. The summed E-state index contributed by atoms with van der Waals surface area (Å²) in [5.74, 6) is 1.47. The van der Waals surface area contributed by atoms with Gasteiger partial charge in [0, 0.05) is 19.1 Å². The summed E-state index contributed by atoms with van der Waals surface area (Å²) in [6.07, 6.45) is 5.89. The molecule has 1 saturated carbocycles. The molecule has 1 saturated heterocycles. The van der Waals surface area contributed by atoms with Crippen LogP contribution in [-0.4, -0.2) is 28.9 Å². The lowest BCUT2D eigenvalue weighted by molar-refractivity contribution is 0.109. The molecule has 5 heteroatoms. The van der Waals surface area contributed by atoms with Crippen molar-refractivity contribution in [1.29, 1.82) is 0 Å². The van der Waals surface area contributed by atoms with E-state index in [4.69, 9.17) is 9.26 Å². The lowest BCUT2D eigenvalue weighted by Crippen LogP contribution is -2.15. The first kappa shape index (κ1) is 10.2. The zero-order valence-electron chi connectivity index (χ0n) is 9.32. The zero-order chi connectivity index (χ0) is 10.8. The van der Waals surface area contributed by atoms with Crippen molar-refractivity contribution in [3.05, 3.63) is 11.7 Å². The van der Waals surface area contributed by atoms with Gasteiger partial charge in [-0.05, 0) is 25.7 Å². The molecule has 0 aromatic carbocycles. The molecule has 1 aliphatic carbocycles. The van der Waals surface area contributed by atoms with Gasteiger partial charge in [0.15, 0.2) is 5.82 Å². The van der Waals surface area contributed by atoms with Crippen LogP contribution in [-0.2, 0) is 17.7 Å². The Morgan fingerprint density at radius 2 is 2.25 bits per heavy atom. The molecule has 0 spiro atoms. The lowest BCUT2D eigenvalue weighted by Gasteiger charge is -2.03. The molecule has 2 heterocycles. The Morgan fingerprint density at radius 1 is 1.31 bits per heavy atom. The van der Waals surface area contributed by atoms with E-state index in [1.807, 2.05) is 0 Å². The largest absolute Gasteiger partial charge is 0.378 e. The number of hydrogen-bond acceptors (Lipinski definition) is 5. The maximum atomic E-state index is 5.54. The second kappa shape index (κ2) is 4.51. The van der Waals surface area contributed by atoms with Crippen LogP contribution in [0.25, 0.3) is 0 Å². The maximum absolute atomic E-state index is 5.54. The van der Waals surface area contributed by atoms with Crippen molar-refractivity contribution in [3.8, 4) is 0 Å². The van der Waals surface area contributed by atoms with Crippen LogP contribution in [0.1, 0.15) is 37.4 Å². The van der Waals surface area contributed by atoms with E-state index in [2.05, 4.69) is 15.5 Å². The van der Waals surface area contributed by atoms with Gasteiger partial charge in [-0.3, -0.25) is 0 Å². The summed E-state index contributed by atoms with van der Waals surface area (Å²) in [4.78, 5) is 4.35. The highest BCUT2D eigenvalue weighted by atomic mass is 16.5. The standard InChI is InChI=1S/C11H17N3O2/c1-2-9(15-5-1)6-10-13-11(16-14-10)7-12-8-3-4-8/h8-9,12H,1-7H2. The van der Waals surface area contributed by atoms with Crippen LogP contribution < -0.4 is 5.32 Å². The Balaban J connectivity index is 1.50. The van der Waals surface area contributed by atoms with E-state index in [0.29, 0.717) is 24.6 Å². The molecule has 1 aromatic heterocycles. The molecule has 0 amide bonds. The van der Waals surface area contributed by atoms with Gasteiger partial charge in [0.2, 0.25) is 5.89 Å². The molecule has 1 aliphatic heterocycles. The van der Waals surface area contributed by atoms with Crippen LogP contribution in [0.15, 0.2) is 4.52 Å². The fourth-order valence-electron chi connectivity index (χ4n) is 1.97. The first-order chi connectivity index (χ1) is 7.90. The predicted octanol–water partition coefficient (Wildman–Crippen LogP) is 1.04. The maximum Gasteiger partial charge on any atom is 0.240 e. The highest BCUT2D eigenvalue weighted by Crippen LogP contribution is 2.19. The first-order valence-electron chi connectivity index (χ1n) is 6.06. The topological polar surface area (TPSA) is 60.2 Å². The monoisotopic (exact) mass is 223 g/mol. The fraction of sp³-hybridized carbons (Fsp3) is 0.818. The average molecular weight is 223 g/mol. The normalized spacial score (nSPS) is 25.1. The molecule has 5 nitrogen and oxygen atoms in total. The SMILES string of the molecule is C1COC(Cc2noc(CNC3CC3)n2)C1. The Morgan fingerprint density at radius 3 is 3.00 bits per heavy atom. The minimum atomic E-state index is 0.293. The van der Waals surface area contributed by atoms with Gasteiger partial charge in [-0.25, -0.2) is 0 Å². The molecule has 2 fully saturated rings. The molecular weight excluding hydrogens is 206 g/mol. The van der Waals surface area contributed by atoms with E-state index in [1.54, 1.807) is 0 Å². The summed E-state index contributed by atoms with van der Waals surface area (Å²) >= 11 is 0. The van der Waals surface area contributed by atoms with Gasteiger partial charge >= 0.3 is 0 Å². The Kier molecular flexibility index (Phi) is 2.88. The van der Waals surface area contributed by atoms with Crippen molar-refractivity contribution < 1.29 is 9.26 Å². The summed E-state index contributed by atoms with van der Waals surface area (Å²) in [7, 11) is 0. The number of ether oxygens (including phenoxy) is 1. The molecule has 3 rings (SSSR count). The second-order valence-electron chi connectivity index (χ2n) is 4.60. The van der Waals surface area contributed by atoms with Crippen LogP contribution in [0.3, 0.4) is 0 Å². The number of rotatable bonds is 5. The van der Waals surface area contributed by atoms with E-state index in [1.165, 1.54) is 12.8 Å². The summed E-state index contributed by atoms with van der Waals surface area (Å²) in [5, 5.41) is 7.32. The smallest absolute Gasteiger partial charge is 0.240 e. The highest BCUT2D eigenvalue weighted by Gasteiger charge is 2.22. The Hall–Kier alpha value is -0.940. The average Bonchev–Trinajstić information content (AvgIpc) is 2.78. The van der Waals surface area contributed by atoms with E-state index in [-0.39, 0.29) is 0 Å². The van der Waals surface area contributed by atoms with Gasteiger partial charge in [0.1, 0.15) is 0 Å². The van der Waals surface area contributed by atoms with Crippen LogP contribution in [0.4, 0.5) is 0 Å². The first-order valence-corrected chi connectivity index (χ1v) is 6.06. The summed E-state index contributed by atoms with van der Waals surface area (Å²) < 4.78 is 10.7. The molecule has 16 heavy (non-hydrogen) atoms. The third kappa shape index (κ3) is 2.59. The number of nitrogens with zero attached hydrogens (tertiary/aromatic N) is 2. The molecule has 2 aliphatic rings. The van der Waals surface area contributed by atoms with Crippen molar-refractivity contribution in [1.82, 2.24) is 15.5 Å². The van der Waals surface area contributed by atoms with Crippen molar-refractivity contribution in [2.75, 3.05) is 6.61 Å². The third-order valence-electron chi connectivity index (χ3n) is 3.06. The van der Waals surface area contributed by atoms with Gasteiger partial charge < -0.3 is 14.6 Å². The second-order valence-corrected chi connectivity index (χ2v) is 4.60. The van der Waals surface area contributed by atoms with E-state index in [9.17, 15) is 0 Å². The fourth-order valence-corrected chi connectivity index (χ4v) is 1.97. The molecule has 1 atom stereocenters. The van der Waals surface area contributed by atoms with Gasteiger partial charge in [0.05, 0.1) is 12.6 Å². The van der Waals surface area contributed by atoms with Gasteiger partial charge in [-0.15, -0.1) is 0 Å². The van der Waals surface area contributed by atoms with E-state index in [0.717, 1.165) is 31.7 Å². The van der Waals surface area contributed by atoms with E-state index < -0.39 is 0 Å². The van der Waals surface area contributed by atoms with Gasteiger partial charge in [0.25, 0.3) is 0 Å². The van der Waals surface area contributed by atoms with Crippen molar-refractivity contribution in [2.45, 2.75) is 50.8 Å². The zero-order valence-corrected chi connectivity index (χ0v) is 9.32. The van der Waals surface area contributed by atoms with E-state index >= 15 is 0 Å². The third-order valence-corrected chi connectivity index (χ3v) is 3.06. The number of hydrogen-bond donors (Lipinski definition) is 1. The predicted molar refractivity (Wildman–Crippen MR) is 56.8 cm³/mol.